The predicted molar refractivity (Wildman–Crippen MR) is 399 cm³/mol. The Labute approximate surface area is 570 Å². The number of unbranched alkanes of at least 4 members (excludes halogenated alkanes) is 63. The molecule has 0 saturated heterocycles. The van der Waals surface area contributed by atoms with Crippen LogP contribution >= 0.6 is 7.82 Å². The van der Waals surface area contributed by atoms with Crippen LogP contribution in [0.3, 0.4) is 0 Å². The van der Waals surface area contributed by atoms with E-state index in [9.17, 15) is 19.4 Å². The molecule has 0 fully saturated rings. The first-order valence-corrected chi connectivity index (χ1v) is 42.7. The minimum atomic E-state index is -4.61. The van der Waals surface area contributed by atoms with Gasteiger partial charge in [-0.1, -0.05) is 417 Å². The van der Waals surface area contributed by atoms with Crippen LogP contribution in [0.5, 0.6) is 0 Å². The summed E-state index contributed by atoms with van der Waals surface area (Å²) in [6.07, 6.45) is 97.9. The van der Waals surface area contributed by atoms with Crippen molar-refractivity contribution >= 4 is 13.7 Å². The summed E-state index contributed by atoms with van der Waals surface area (Å²) < 4.78 is 23.5. The molecule has 0 bridgehead atoms. The van der Waals surface area contributed by atoms with Crippen molar-refractivity contribution in [2.45, 2.75) is 456 Å². The summed E-state index contributed by atoms with van der Waals surface area (Å²) >= 11 is 0. The number of allylic oxidation sites excluding steroid dienone is 3. The van der Waals surface area contributed by atoms with Crippen molar-refractivity contribution in [3.8, 4) is 0 Å². The van der Waals surface area contributed by atoms with Crippen molar-refractivity contribution in [2.24, 2.45) is 0 Å². The Bertz CT molecular complexity index is 1530. The number of carbonyl (C=O) groups is 1. The lowest BCUT2D eigenvalue weighted by Gasteiger charge is -2.29. The first-order valence-electron chi connectivity index (χ1n) is 41.2. The molecule has 0 aliphatic heterocycles. The molecule has 0 aromatic rings. The van der Waals surface area contributed by atoms with Gasteiger partial charge in [-0.15, -0.1) is 0 Å². The Morgan fingerprint density at radius 3 is 0.857 bits per heavy atom. The quantitative estimate of drug-likeness (QED) is 0.0272. The van der Waals surface area contributed by atoms with Gasteiger partial charge in [-0.3, -0.25) is 9.36 Å². The van der Waals surface area contributed by atoms with Gasteiger partial charge in [-0.2, -0.15) is 0 Å². The Kier molecular flexibility index (Phi) is 72.4. The van der Waals surface area contributed by atoms with Crippen molar-refractivity contribution in [3.05, 3.63) is 24.3 Å². The van der Waals surface area contributed by atoms with Gasteiger partial charge >= 0.3 is 0 Å². The molecule has 9 heteroatoms. The minimum absolute atomic E-state index is 0.00252. The third kappa shape index (κ3) is 76.2. The lowest BCUT2D eigenvalue weighted by Crippen LogP contribution is -2.45. The van der Waals surface area contributed by atoms with Gasteiger partial charge in [0.25, 0.3) is 7.82 Å². The van der Waals surface area contributed by atoms with Crippen LogP contribution < -0.4 is 10.2 Å². The molecule has 0 rings (SSSR count). The SMILES string of the molecule is CCCCCCCCCC/C=C\CCCCCCCCCCCCCCCCCCCCCCCCCCCCCC(=O)NC(COP(=O)([O-])OCC[N+](C)(C)C)C(O)/C=C/CCCCCCCCCCCCCCCCCCCCCCCCCCCCCC. The average Bonchev–Trinajstić information content (AvgIpc) is 3.58. The highest BCUT2D eigenvalue weighted by Gasteiger charge is 2.23. The van der Waals surface area contributed by atoms with Crippen LogP contribution in [0, 0.1) is 0 Å². The molecule has 0 aromatic heterocycles. The first-order chi connectivity index (χ1) is 44.5. The number of hydrogen-bond donors (Lipinski definition) is 2. The van der Waals surface area contributed by atoms with Crippen LogP contribution in [0.25, 0.3) is 0 Å². The molecular formula is C82H163N2O6P. The largest absolute Gasteiger partial charge is 0.756 e. The summed E-state index contributed by atoms with van der Waals surface area (Å²) in [5.41, 5.74) is 0. The number of carbonyl (C=O) groups excluding carboxylic acids is 1. The van der Waals surface area contributed by atoms with E-state index in [2.05, 4.69) is 31.3 Å². The fourth-order valence-electron chi connectivity index (χ4n) is 13.0. The highest BCUT2D eigenvalue weighted by Crippen LogP contribution is 2.38. The third-order valence-electron chi connectivity index (χ3n) is 19.4. The molecule has 0 heterocycles. The van der Waals surface area contributed by atoms with E-state index in [1.54, 1.807) is 6.08 Å². The molecule has 2 N–H and O–H groups in total. The number of nitrogens with zero attached hydrogens (tertiary/aromatic N) is 1. The highest BCUT2D eigenvalue weighted by atomic mass is 31.2. The van der Waals surface area contributed by atoms with Gasteiger partial charge in [-0.25, -0.2) is 0 Å². The van der Waals surface area contributed by atoms with Crippen molar-refractivity contribution in [2.75, 3.05) is 40.9 Å². The van der Waals surface area contributed by atoms with E-state index in [-0.39, 0.29) is 19.1 Å². The summed E-state index contributed by atoms with van der Waals surface area (Å²) in [5.74, 6) is -0.186. The zero-order valence-electron chi connectivity index (χ0n) is 62.3. The Hall–Kier alpha value is -1.02. The molecule has 1 amide bonds. The zero-order chi connectivity index (χ0) is 66.2. The molecule has 0 saturated carbocycles. The van der Waals surface area contributed by atoms with Gasteiger partial charge in [-0.05, 0) is 44.9 Å². The molecule has 0 spiro atoms. The van der Waals surface area contributed by atoms with E-state index in [0.717, 1.165) is 38.5 Å². The Morgan fingerprint density at radius 1 is 0.374 bits per heavy atom. The van der Waals surface area contributed by atoms with Crippen molar-refractivity contribution in [1.29, 1.82) is 0 Å². The van der Waals surface area contributed by atoms with Crippen molar-refractivity contribution in [1.82, 2.24) is 5.32 Å². The van der Waals surface area contributed by atoms with Crippen LogP contribution in [-0.2, 0) is 18.4 Å². The third-order valence-corrected chi connectivity index (χ3v) is 20.4. The predicted octanol–water partition coefficient (Wildman–Crippen LogP) is 26.3. The molecule has 3 unspecified atom stereocenters. The van der Waals surface area contributed by atoms with E-state index < -0.39 is 20.0 Å². The van der Waals surface area contributed by atoms with E-state index in [1.165, 1.54) is 385 Å². The standard InChI is InChI=1S/C82H163N2O6P/c1-6-8-10-12-14-16-18-20-22-24-26-28-30-32-34-36-38-39-40-41-42-43-44-45-46-48-50-52-54-56-58-60-62-64-66-68-70-72-74-76-82(86)83-80(79-90-91(87,88)89-78-77-84(3,4)5)81(85)75-73-71-69-67-65-63-61-59-57-55-53-51-49-47-37-35-33-31-29-27-25-23-21-19-17-15-13-11-9-7-2/h24,26,73,75,80-81,85H,6-23,25,27-72,74,76-79H2,1-5H3,(H-,83,86,87,88)/b26-24-,75-73+. The van der Waals surface area contributed by atoms with E-state index in [1.807, 2.05) is 27.2 Å². The maximum absolute atomic E-state index is 13.1. The van der Waals surface area contributed by atoms with E-state index in [4.69, 9.17) is 9.05 Å². The van der Waals surface area contributed by atoms with Crippen LogP contribution in [-0.4, -0.2) is 68.5 Å². The maximum Gasteiger partial charge on any atom is 0.268 e. The zero-order valence-corrected chi connectivity index (χ0v) is 63.2. The normalized spacial score (nSPS) is 13.5. The summed E-state index contributed by atoms with van der Waals surface area (Å²) in [6.45, 7) is 4.73. The number of quaternary nitrogens is 1. The Balaban J connectivity index is 3.90. The van der Waals surface area contributed by atoms with Gasteiger partial charge in [0, 0.05) is 6.42 Å². The van der Waals surface area contributed by atoms with Crippen LogP contribution in [0.1, 0.15) is 444 Å². The summed E-state index contributed by atoms with van der Waals surface area (Å²) in [6, 6.07) is -0.886. The number of aliphatic hydroxyl groups excluding tert-OH is 1. The van der Waals surface area contributed by atoms with Crippen LogP contribution in [0.2, 0.25) is 0 Å². The van der Waals surface area contributed by atoms with E-state index >= 15 is 0 Å². The molecule has 91 heavy (non-hydrogen) atoms. The summed E-state index contributed by atoms with van der Waals surface area (Å²) in [7, 11) is 1.29. The number of phosphoric ester groups is 1. The van der Waals surface area contributed by atoms with Gasteiger partial charge < -0.3 is 28.8 Å². The molecule has 0 aliphatic carbocycles. The Morgan fingerprint density at radius 2 is 0.604 bits per heavy atom. The van der Waals surface area contributed by atoms with Crippen molar-refractivity contribution < 1.29 is 32.9 Å². The first kappa shape index (κ1) is 90.0. The van der Waals surface area contributed by atoms with Crippen LogP contribution in [0.4, 0.5) is 0 Å². The number of likely N-dealkylation sites (N-methyl/N-ethyl adjacent to an activating group) is 1. The van der Waals surface area contributed by atoms with Gasteiger partial charge in [0.15, 0.2) is 0 Å². The number of aliphatic hydroxyl groups is 1. The molecule has 0 aliphatic rings. The van der Waals surface area contributed by atoms with Gasteiger partial charge in [0.2, 0.25) is 5.91 Å². The molecule has 8 nitrogen and oxygen atoms in total. The highest BCUT2D eigenvalue weighted by molar-refractivity contribution is 7.45. The van der Waals surface area contributed by atoms with E-state index in [0.29, 0.717) is 17.4 Å². The molecule has 0 aromatic carbocycles. The van der Waals surface area contributed by atoms with Crippen LogP contribution in [0.15, 0.2) is 24.3 Å². The smallest absolute Gasteiger partial charge is 0.268 e. The number of hydrogen-bond acceptors (Lipinski definition) is 6. The average molecular weight is 1300 g/mol. The fourth-order valence-corrected chi connectivity index (χ4v) is 13.8. The second-order valence-electron chi connectivity index (χ2n) is 29.8. The lowest BCUT2D eigenvalue weighted by atomic mass is 10.0. The minimum Gasteiger partial charge on any atom is -0.756 e. The molecule has 0 radical (unpaired) electrons. The second kappa shape index (κ2) is 73.2. The maximum atomic E-state index is 13.1. The van der Waals surface area contributed by atoms with Crippen molar-refractivity contribution in [3.63, 3.8) is 0 Å². The number of phosphoric acid groups is 1. The monoisotopic (exact) mass is 1300 g/mol. The van der Waals surface area contributed by atoms with Gasteiger partial charge in [0.05, 0.1) is 39.9 Å². The number of amides is 1. The molecule has 542 valence electrons. The second-order valence-corrected chi connectivity index (χ2v) is 31.2. The summed E-state index contributed by atoms with van der Waals surface area (Å²) in [4.78, 5) is 25.7. The summed E-state index contributed by atoms with van der Waals surface area (Å²) in [5, 5.41) is 14.0. The van der Waals surface area contributed by atoms with Gasteiger partial charge in [0.1, 0.15) is 13.2 Å². The number of nitrogens with one attached hydrogen (secondary N) is 1. The molecule has 3 atom stereocenters. The number of rotatable bonds is 78. The molecular weight excluding hydrogens is 1140 g/mol. The fraction of sp³-hybridized carbons (Fsp3) is 0.939. The lowest BCUT2D eigenvalue weighted by molar-refractivity contribution is -0.870. The topological polar surface area (TPSA) is 108 Å².